The minimum atomic E-state index is -0.909. The maximum atomic E-state index is 13.5. The van der Waals surface area contributed by atoms with E-state index in [1.165, 1.54) is 6.07 Å². The lowest BCUT2D eigenvalue weighted by molar-refractivity contribution is 0.509. The van der Waals surface area contributed by atoms with Crippen LogP contribution in [0.1, 0.15) is 18.5 Å². The lowest BCUT2D eigenvalue weighted by Gasteiger charge is -2.05. The fourth-order valence-electron chi connectivity index (χ4n) is 2.39. The van der Waals surface area contributed by atoms with Crippen LogP contribution in [0.4, 0.5) is 8.78 Å². The smallest absolute Gasteiger partial charge is 0.268 e. The third kappa shape index (κ3) is 2.28. The van der Waals surface area contributed by atoms with Crippen LogP contribution in [0, 0.1) is 18.6 Å². The third-order valence-electron chi connectivity index (χ3n) is 3.45. The van der Waals surface area contributed by atoms with Crippen LogP contribution in [0.15, 0.2) is 22.6 Å². The zero-order chi connectivity index (χ0) is 15.9. The van der Waals surface area contributed by atoms with Crippen LogP contribution >= 0.6 is 0 Å². The standard InChI is InChI=1S/C15H14F2N4O/c1-4-12-13(15-20-19-8(2)22-15)18-14(21(12)3)9-5-6-10(16)11(17)7-9/h5-7H,4H2,1-3H3. The highest BCUT2D eigenvalue weighted by molar-refractivity contribution is 5.63. The first-order chi connectivity index (χ1) is 10.5. The highest BCUT2D eigenvalue weighted by Gasteiger charge is 2.20. The highest BCUT2D eigenvalue weighted by Crippen LogP contribution is 2.28. The van der Waals surface area contributed by atoms with Crippen molar-refractivity contribution >= 4 is 0 Å². The van der Waals surface area contributed by atoms with E-state index in [2.05, 4.69) is 15.2 Å². The molecule has 1 aromatic carbocycles. The molecule has 2 heterocycles. The van der Waals surface area contributed by atoms with Crippen molar-refractivity contribution in [3.8, 4) is 23.0 Å². The maximum Gasteiger partial charge on any atom is 0.268 e. The van der Waals surface area contributed by atoms with E-state index in [0.717, 1.165) is 17.8 Å². The van der Waals surface area contributed by atoms with E-state index in [-0.39, 0.29) is 0 Å². The average molecular weight is 304 g/mol. The maximum absolute atomic E-state index is 13.5. The van der Waals surface area contributed by atoms with Crippen molar-refractivity contribution in [3.63, 3.8) is 0 Å². The minimum Gasteiger partial charge on any atom is -0.420 e. The molecule has 0 aliphatic carbocycles. The summed E-state index contributed by atoms with van der Waals surface area (Å²) in [5.41, 5.74) is 1.92. The van der Waals surface area contributed by atoms with Crippen molar-refractivity contribution in [2.24, 2.45) is 7.05 Å². The molecule has 22 heavy (non-hydrogen) atoms. The predicted molar refractivity (Wildman–Crippen MR) is 76.0 cm³/mol. The first kappa shape index (κ1) is 14.4. The molecule has 7 heteroatoms. The lowest BCUT2D eigenvalue weighted by Crippen LogP contribution is -1.98. The van der Waals surface area contributed by atoms with Gasteiger partial charge in [0.15, 0.2) is 11.6 Å². The number of imidazole rings is 1. The van der Waals surface area contributed by atoms with Crippen molar-refractivity contribution in [2.75, 3.05) is 0 Å². The van der Waals surface area contributed by atoms with E-state index in [1.54, 1.807) is 6.92 Å². The van der Waals surface area contributed by atoms with E-state index >= 15 is 0 Å². The van der Waals surface area contributed by atoms with Crippen LogP contribution in [0.2, 0.25) is 0 Å². The Kier molecular flexibility index (Phi) is 3.48. The fourth-order valence-corrected chi connectivity index (χ4v) is 2.39. The quantitative estimate of drug-likeness (QED) is 0.745. The molecule has 0 fully saturated rings. The number of aromatic nitrogens is 4. The largest absolute Gasteiger partial charge is 0.420 e. The first-order valence-corrected chi connectivity index (χ1v) is 6.82. The van der Waals surface area contributed by atoms with Gasteiger partial charge >= 0.3 is 0 Å². The van der Waals surface area contributed by atoms with E-state index in [4.69, 9.17) is 4.42 Å². The molecule has 0 amide bonds. The molecule has 3 aromatic rings. The number of hydrogen-bond donors (Lipinski definition) is 0. The second-order valence-electron chi connectivity index (χ2n) is 4.90. The van der Waals surface area contributed by atoms with Crippen LogP contribution in [0.5, 0.6) is 0 Å². The number of rotatable bonds is 3. The molecule has 0 unspecified atom stereocenters. The molecule has 0 radical (unpaired) electrons. The highest BCUT2D eigenvalue weighted by atomic mass is 19.2. The summed E-state index contributed by atoms with van der Waals surface area (Å²) in [5.74, 6) is -0.521. The van der Waals surface area contributed by atoms with Crippen molar-refractivity contribution < 1.29 is 13.2 Å². The van der Waals surface area contributed by atoms with Gasteiger partial charge in [0.05, 0.1) is 5.69 Å². The summed E-state index contributed by atoms with van der Waals surface area (Å²) in [6, 6.07) is 3.70. The van der Waals surface area contributed by atoms with Gasteiger partial charge in [0.2, 0.25) is 5.89 Å². The molecular weight excluding hydrogens is 290 g/mol. The number of hydrogen-bond acceptors (Lipinski definition) is 4. The Morgan fingerprint density at radius 1 is 1.18 bits per heavy atom. The van der Waals surface area contributed by atoms with Gasteiger partial charge in [0.1, 0.15) is 11.5 Å². The summed E-state index contributed by atoms with van der Waals surface area (Å²) in [7, 11) is 1.81. The molecule has 0 aliphatic heterocycles. The Morgan fingerprint density at radius 2 is 1.95 bits per heavy atom. The molecule has 2 aromatic heterocycles. The van der Waals surface area contributed by atoms with Gasteiger partial charge in [-0.2, -0.15) is 0 Å². The van der Waals surface area contributed by atoms with Gasteiger partial charge in [-0.25, -0.2) is 13.8 Å². The SMILES string of the molecule is CCc1c(-c2nnc(C)o2)nc(-c2ccc(F)c(F)c2)n1C. The third-order valence-corrected chi connectivity index (χ3v) is 3.45. The summed E-state index contributed by atoms with van der Waals surface area (Å²) >= 11 is 0. The molecule has 0 saturated carbocycles. The van der Waals surface area contributed by atoms with Crippen LogP contribution in [0.3, 0.4) is 0 Å². The van der Waals surface area contributed by atoms with Crippen LogP contribution in [0.25, 0.3) is 23.0 Å². The molecule has 0 N–H and O–H groups in total. The topological polar surface area (TPSA) is 56.7 Å². The van der Waals surface area contributed by atoms with Crippen molar-refractivity contribution in [2.45, 2.75) is 20.3 Å². The molecule has 0 aliphatic rings. The Morgan fingerprint density at radius 3 is 2.55 bits per heavy atom. The van der Waals surface area contributed by atoms with Gasteiger partial charge in [0, 0.05) is 19.5 Å². The Hall–Kier alpha value is -2.57. The zero-order valence-corrected chi connectivity index (χ0v) is 12.4. The molecule has 0 spiro atoms. The van der Waals surface area contributed by atoms with Crippen molar-refractivity contribution in [1.82, 2.24) is 19.7 Å². The predicted octanol–water partition coefficient (Wildman–Crippen LogP) is 3.29. The second kappa shape index (κ2) is 5.32. The lowest BCUT2D eigenvalue weighted by atomic mass is 10.2. The van der Waals surface area contributed by atoms with Gasteiger partial charge in [-0.1, -0.05) is 6.92 Å². The van der Waals surface area contributed by atoms with E-state index in [9.17, 15) is 8.78 Å². The second-order valence-corrected chi connectivity index (χ2v) is 4.90. The summed E-state index contributed by atoms with van der Waals surface area (Å²) < 4.78 is 33.8. The molecule has 0 saturated heterocycles. The van der Waals surface area contributed by atoms with Gasteiger partial charge in [-0.3, -0.25) is 0 Å². The molecule has 0 atom stereocenters. The fraction of sp³-hybridized carbons (Fsp3) is 0.267. The Bertz CT molecular complexity index is 838. The monoisotopic (exact) mass is 304 g/mol. The van der Waals surface area contributed by atoms with Crippen LogP contribution in [-0.4, -0.2) is 19.7 Å². The summed E-state index contributed by atoms with van der Waals surface area (Å²) in [6.45, 7) is 3.67. The van der Waals surface area contributed by atoms with Gasteiger partial charge in [-0.05, 0) is 24.6 Å². The van der Waals surface area contributed by atoms with E-state index < -0.39 is 11.6 Å². The Balaban J connectivity index is 2.17. The first-order valence-electron chi connectivity index (χ1n) is 6.82. The Labute approximate surface area is 125 Å². The van der Waals surface area contributed by atoms with Gasteiger partial charge < -0.3 is 8.98 Å². The molecule has 114 valence electrons. The van der Waals surface area contributed by atoms with E-state index in [0.29, 0.717) is 35.3 Å². The number of nitrogens with zero attached hydrogens (tertiary/aromatic N) is 4. The van der Waals surface area contributed by atoms with Crippen LogP contribution in [-0.2, 0) is 13.5 Å². The van der Waals surface area contributed by atoms with Crippen molar-refractivity contribution in [1.29, 1.82) is 0 Å². The number of benzene rings is 1. The summed E-state index contributed by atoms with van der Waals surface area (Å²) in [5, 5.41) is 7.78. The normalized spacial score (nSPS) is 11.1. The summed E-state index contributed by atoms with van der Waals surface area (Å²) in [4.78, 5) is 4.48. The van der Waals surface area contributed by atoms with Crippen LogP contribution < -0.4 is 0 Å². The number of halogens is 2. The van der Waals surface area contributed by atoms with Crippen molar-refractivity contribution in [3.05, 3.63) is 41.4 Å². The minimum absolute atomic E-state index is 0.318. The summed E-state index contributed by atoms with van der Waals surface area (Å²) in [6.07, 6.45) is 0.684. The molecule has 3 rings (SSSR count). The molecular formula is C15H14F2N4O. The average Bonchev–Trinajstić information content (AvgIpc) is 3.05. The number of aryl methyl sites for hydroxylation is 1. The van der Waals surface area contributed by atoms with E-state index in [1.807, 2.05) is 18.5 Å². The molecule has 5 nitrogen and oxygen atoms in total. The van der Waals surface area contributed by atoms with Gasteiger partial charge in [-0.15, -0.1) is 10.2 Å². The zero-order valence-electron chi connectivity index (χ0n) is 12.4. The molecule has 0 bridgehead atoms. The van der Waals surface area contributed by atoms with Gasteiger partial charge in [0.25, 0.3) is 5.89 Å².